The summed E-state index contributed by atoms with van der Waals surface area (Å²) in [5.74, 6) is -0.307. The van der Waals surface area contributed by atoms with Crippen LogP contribution in [0.1, 0.15) is 168 Å². The molecule has 44 heavy (non-hydrogen) atoms. The molecule has 256 valence electrons. The van der Waals surface area contributed by atoms with Crippen LogP contribution < -0.4 is 0 Å². The molecule has 0 bridgehead atoms. The highest BCUT2D eigenvalue weighted by Gasteiger charge is 2.39. The summed E-state index contributed by atoms with van der Waals surface area (Å²) in [7, 11) is 0. The number of unbranched alkanes of at least 4 members (excludes halogenated alkanes) is 13. The first-order chi connectivity index (χ1) is 21.4. The van der Waals surface area contributed by atoms with Crippen LogP contribution in [-0.2, 0) is 19.0 Å². The zero-order valence-corrected chi connectivity index (χ0v) is 28.1. The molecule has 3 rings (SSSR count). The number of carbonyl (C=O) groups is 1. The number of carbonyl (C=O) groups excluding carboxylic acids is 1. The van der Waals surface area contributed by atoms with E-state index in [4.69, 9.17) is 14.2 Å². The molecule has 3 aliphatic rings. The number of cyclic esters (lactones) is 1. The third-order valence-corrected chi connectivity index (χ3v) is 9.98. The van der Waals surface area contributed by atoms with Crippen molar-refractivity contribution in [3.05, 3.63) is 11.6 Å². The average Bonchev–Trinajstić information content (AvgIpc) is 3.73. The smallest absolute Gasteiger partial charge is 0.334 e. The topological polar surface area (TPSA) is 105 Å². The van der Waals surface area contributed by atoms with Gasteiger partial charge in [-0.15, -0.1) is 0 Å². The molecule has 3 aliphatic heterocycles. The summed E-state index contributed by atoms with van der Waals surface area (Å²) in [5.41, 5.74) is 0.583. The minimum Gasteiger partial charge on any atom is -0.455 e. The lowest BCUT2D eigenvalue weighted by molar-refractivity contribution is -0.139. The second-order valence-corrected chi connectivity index (χ2v) is 14.1. The van der Waals surface area contributed by atoms with E-state index < -0.39 is 6.10 Å². The Morgan fingerprint density at radius 3 is 1.89 bits per heavy atom. The quantitative estimate of drug-likeness (QED) is 0.0703. The van der Waals surface area contributed by atoms with Crippen LogP contribution in [0.3, 0.4) is 0 Å². The Hall–Kier alpha value is -0.990. The fraction of sp³-hybridized carbons (Fsp3) is 0.919. The zero-order valence-electron chi connectivity index (χ0n) is 28.1. The molecule has 0 aromatic rings. The van der Waals surface area contributed by atoms with Crippen LogP contribution in [0.5, 0.6) is 0 Å². The maximum absolute atomic E-state index is 11.7. The third-order valence-electron chi connectivity index (χ3n) is 9.98. The summed E-state index contributed by atoms with van der Waals surface area (Å²) in [5, 5.41) is 31.6. The van der Waals surface area contributed by atoms with E-state index in [-0.39, 0.29) is 48.7 Å². The van der Waals surface area contributed by atoms with Crippen LogP contribution in [0.2, 0.25) is 0 Å². The third kappa shape index (κ3) is 14.6. The van der Waals surface area contributed by atoms with Crippen molar-refractivity contribution in [2.24, 2.45) is 0 Å². The molecule has 2 fully saturated rings. The average molecular weight is 623 g/mol. The second kappa shape index (κ2) is 21.7. The van der Waals surface area contributed by atoms with Gasteiger partial charge < -0.3 is 29.5 Å². The molecule has 3 heterocycles. The van der Waals surface area contributed by atoms with Gasteiger partial charge >= 0.3 is 5.97 Å². The largest absolute Gasteiger partial charge is 0.455 e. The molecule has 7 unspecified atom stereocenters. The van der Waals surface area contributed by atoms with Gasteiger partial charge in [-0.2, -0.15) is 0 Å². The maximum atomic E-state index is 11.7. The lowest BCUT2D eigenvalue weighted by Gasteiger charge is -2.23. The van der Waals surface area contributed by atoms with Gasteiger partial charge in [0.1, 0.15) is 6.10 Å². The number of hydrogen-bond donors (Lipinski definition) is 3. The molecule has 0 radical (unpaired) electrons. The Kier molecular flexibility index (Phi) is 18.5. The standard InChI is InChI=1S/C37H66O7/c1-3-4-5-6-7-8-9-10-11-12-13-17-20-33(40)34-23-24-36(44-34)35-22-21-32(43-35)27-31(39)19-16-14-15-18-30(38)26-29-25-28(2)42-37(29)41/h25,28,30-36,38-40H,3-24,26-27H2,1-2H3/t28-,30?,31?,32?,33?,34?,35?,36?/m0/s1. The van der Waals surface area contributed by atoms with Crippen molar-refractivity contribution < 1.29 is 34.3 Å². The molecule has 7 heteroatoms. The van der Waals surface area contributed by atoms with Crippen molar-refractivity contribution in [3.8, 4) is 0 Å². The molecule has 0 saturated carbocycles. The fourth-order valence-electron chi connectivity index (χ4n) is 7.30. The van der Waals surface area contributed by atoms with Gasteiger partial charge in [-0.25, -0.2) is 4.79 Å². The van der Waals surface area contributed by atoms with Gasteiger partial charge in [0.05, 0.1) is 42.7 Å². The number of aliphatic hydroxyl groups excluding tert-OH is 3. The minimum absolute atomic E-state index is 0.0632. The monoisotopic (exact) mass is 622 g/mol. The SMILES string of the molecule is CCCCCCCCCCCCCCC(O)C1CCC(C2CCC(CC(O)CCCCCC(O)CC3=C[C@H](C)OC3=O)O2)O1. The van der Waals surface area contributed by atoms with Crippen molar-refractivity contribution >= 4 is 5.97 Å². The Morgan fingerprint density at radius 1 is 0.705 bits per heavy atom. The molecule has 0 spiro atoms. The normalized spacial score (nSPS) is 27.4. The summed E-state index contributed by atoms with van der Waals surface area (Å²) < 4.78 is 17.7. The second-order valence-electron chi connectivity index (χ2n) is 14.1. The number of rotatable bonds is 25. The van der Waals surface area contributed by atoms with Crippen molar-refractivity contribution in [2.45, 2.75) is 217 Å². The van der Waals surface area contributed by atoms with Crippen LogP contribution in [0.15, 0.2) is 11.6 Å². The van der Waals surface area contributed by atoms with Crippen molar-refractivity contribution in [3.63, 3.8) is 0 Å². The first-order valence-corrected chi connectivity index (χ1v) is 18.6. The predicted octanol–water partition coefficient (Wildman–Crippen LogP) is 7.86. The summed E-state index contributed by atoms with van der Waals surface area (Å²) in [6.45, 7) is 4.10. The van der Waals surface area contributed by atoms with Crippen molar-refractivity contribution in [2.75, 3.05) is 0 Å². The van der Waals surface area contributed by atoms with E-state index in [0.717, 1.165) is 64.2 Å². The minimum atomic E-state index is -0.527. The molecular formula is C37H66O7. The van der Waals surface area contributed by atoms with Gasteiger partial charge in [0.2, 0.25) is 0 Å². The van der Waals surface area contributed by atoms with Crippen LogP contribution >= 0.6 is 0 Å². The van der Waals surface area contributed by atoms with E-state index in [1.165, 1.54) is 70.6 Å². The molecule has 0 aromatic heterocycles. The van der Waals surface area contributed by atoms with Gasteiger partial charge in [0, 0.05) is 12.0 Å². The maximum Gasteiger partial charge on any atom is 0.334 e. The molecular weight excluding hydrogens is 556 g/mol. The highest BCUT2D eigenvalue weighted by Crippen LogP contribution is 2.34. The summed E-state index contributed by atoms with van der Waals surface area (Å²) in [6.07, 6.45) is 26.2. The Labute approximate surface area is 268 Å². The van der Waals surface area contributed by atoms with Gasteiger partial charge in [-0.1, -0.05) is 103 Å². The molecule has 2 saturated heterocycles. The summed E-state index contributed by atoms with van der Waals surface area (Å²) >= 11 is 0. The first-order valence-electron chi connectivity index (χ1n) is 18.6. The zero-order chi connectivity index (χ0) is 31.6. The van der Waals surface area contributed by atoms with E-state index in [2.05, 4.69) is 6.92 Å². The number of hydrogen-bond acceptors (Lipinski definition) is 7. The lowest BCUT2D eigenvalue weighted by Crippen LogP contribution is -2.31. The highest BCUT2D eigenvalue weighted by atomic mass is 16.6. The predicted molar refractivity (Wildman–Crippen MR) is 175 cm³/mol. The van der Waals surface area contributed by atoms with Crippen LogP contribution in [-0.4, -0.2) is 70.1 Å². The number of aliphatic hydroxyl groups is 3. The molecule has 8 atom stereocenters. The summed E-state index contributed by atoms with van der Waals surface area (Å²) in [6, 6.07) is 0. The number of ether oxygens (including phenoxy) is 3. The Balaban J connectivity index is 1.15. The van der Waals surface area contributed by atoms with Gasteiger partial charge in [0.15, 0.2) is 0 Å². The summed E-state index contributed by atoms with van der Waals surface area (Å²) in [4.78, 5) is 11.7. The van der Waals surface area contributed by atoms with E-state index in [0.29, 0.717) is 24.8 Å². The van der Waals surface area contributed by atoms with Crippen LogP contribution in [0.25, 0.3) is 0 Å². The van der Waals surface area contributed by atoms with Crippen molar-refractivity contribution in [1.82, 2.24) is 0 Å². The Morgan fingerprint density at radius 2 is 1.25 bits per heavy atom. The first kappa shape index (κ1) is 37.5. The van der Waals surface area contributed by atoms with Gasteiger partial charge in [-0.3, -0.25) is 0 Å². The van der Waals surface area contributed by atoms with E-state index in [1.54, 1.807) is 6.08 Å². The van der Waals surface area contributed by atoms with E-state index in [9.17, 15) is 20.1 Å². The molecule has 0 aliphatic carbocycles. The molecule has 3 N–H and O–H groups in total. The molecule has 0 amide bonds. The van der Waals surface area contributed by atoms with E-state index in [1.807, 2.05) is 6.92 Å². The lowest BCUT2D eigenvalue weighted by atomic mass is 9.99. The van der Waals surface area contributed by atoms with Crippen LogP contribution in [0, 0.1) is 0 Å². The Bertz CT molecular complexity index is 801. The van der Waals surface area contributed by atoms with Gasteiger partial charge in [0.25, 0.3) is 0 Å². The molecule has 7 nitrogen and oxygen atoms in total. The van der Waals surface area contributed by atoms with E-state index >= 15 is 0 Å². The fourth-order valence-corrected chi connectivity index (χ4v) is 7.30. The van der Waals surface area contributed by atoms with Crippen molar-refractivity contribution in [1.29, 1.82) is 0 Å². The van der Waals surface area contributed by atoms with Gasteiger partial charge in [-0.05, 0) is 64.4 Å². The highest BCUT2D eigenvalue weighted by molar-refractivity contribution is 5.90. The number of esters is 1. The van der Waals surface area contributed by atoms with Crippen LogP contribution in [0.4, 0.5) is 0 Å². The molecule has 0 aromatic carbocycles.